The molecule has 0 aliphatic carbocycles. The van der Waals surface area contributed by atoms with Crippen molar-refractivity contribution in [2.45, 2.75) is 38.1 Å². The van der Waals surface area contributed by atoms with Gasteiger partial charge in [0.2, 0.25) is 0 Å². The Labute approximate surface area is 141 Å². The van der Waals surface area contributed by atoms with Gasteiger partial charge >= 0.3 is 0 Å². The number of ether oxygens (including phenoxy) is 1. The molecule has 4 rings (SSSR count). The summed E-state index contributed by atoms with van der Waals surface area (Å²) in [6, 6.07) is 6.33. The Morgan fingerprint density at radius 2 is 2.17 bits per heavy atom. The number of benzene rings is 1. The summed E-state index contributed by atoms with van der Waals surface area (Å²) in [5.74, 6) is 3.12. The molecule has 3 heterocycles. The first kappa shape index (κ1) is 15.6. The molecule has 0 N–H and O–H groups in total. The van der Waals surface area contributed by atoms with Crippen LogP contribution in [0.25, 0.3) is 0 Å². The van der Waals surface area contributed by atoms with Crippen molar-refractivity contribution in [2.75, 3.05) is 26.2 Å². The van der Waals surface area contributed by atoms with Gasteiger partial charge < -0.3 is 9.30 Å². The normalized spacial score (nSPS) is 21.0. The number of hydrogen-bond donors (Lipinski definition) is 0. The van der Waals surface area contributed by atoms with Gasteiger partial charge in [-0.15, -0.1) is 10.2 Å². The molecule has 0 radical (unpaired) electrons. The Balaban J connectivity index is 1.32. The quantitative estimate of drug-likeness (QED) is 0.845. The van der Waals surface area contributed by atoms with E-state index in [2.05, 4.69) is 19.7 Å². The average molecular weight is 330 g/mol. The summed E-state index contributed by atoms with van der Waals surface area (Å²) < 4.78 is 21.2. The molecule has 2 aliphatic rings. The smallest absolute Gasteiger partial charge is 0.137 e. The van der Waals surface area contributed by atoms with E-state index in [9.17, 15) is 4.39 Å². The van der Waals surface area contributed by atoms with Crippen molar-refractivity contribution >= 4 is 0 Å². The number of aromatic nitrogens is 3. The zero-order valence-corrected chi connectivity index (χ0v) is 13.8. The number of piperidine rings is 1. The van der Waals surface area contributed by atoms with Gasteiger partial charge in [-0.3, -0.25) is 4.90 Å². The predicted octanol–water partition coefficient (Wildman–Crippen LogP) is 2.62. The molecule has 0 spiro atoms. The fourth-order valence-electron chi connectivity index (χ4n) is 3.79. The molecular weight excluding hydrogens is 307 g/mol. The molecule has 1 fully saturated rings. The van der Waals surface area contributed by atoms with Crippen molar-refractivity contribution in [1.29, 1.82) is 0 Å². The van der Waals surface area contributed by atoms with Gasteiger partial charge in [-0.2, -0.15) is 0 Å². The van der Waals surface area contributed by atoms with Crippen molar-refractivity contribution in [1.82, 2.24) is 19.7 Å². The largest absolute Gasteiger partial charge is 0.492 e. The minimum atomic E-state index is -0.258. The van der Waals surface area contributed by atoms with Crippen LogP contribution < -0.4 is 4.74 Å². The van der Waals surface area contributed by atoms with E-state index in [1.165, 1.54) is 37.2 Å². The molecule has 24 heavy (non-hydrogen) atoms. The van der Waals surface area contributed by atoms with Crippen LogP contribution in [-0.2, 0) is 13.0 Å². The number of hydrogen-bond acceptors (Lipinski definition) is 4. The summed E-state index contributed by atoms with van der Waals surface area (Å²) in [5, 5.41) is 8.79. The maximum absolute atomic E-state index is 13.2. The van der Waals surface area contributed by atoms with Crippen molar-refractivity contribution in [3.8, 4) is 5.75 Å². The van der Waals surface area contributed by atoms with Gasteiger partial charge in [0, 0.05) is 38.0 Å². The van der Waals surface area contributed by atoms with E-state index >= 15 is 0 Å². The van der Waals surface area contributed by atoms with Crippen LogP contribution in [0.1, 0.15) is 36.8 Å². The number of halogens is 1. The Morgan fingerprint density at radius 3 is 3.08 bits per heavy atom. The van der Waals surface area contributed by atoms with Gasteiger partial charge in [-0.25, -0.2) is 4.39 Å². The zero-order valence-electron chi connectivity index (χ0n) is 13.8. The van der Waals surface area contributed by atoms with Crippen LogP contribution in [0, 0.1) is 5.82 Å². The summed E-state index contributed by atoms with van der Waals surface area (Å²) >= 11 is 0. The predicted molar refractivity (Wildman–Crippen MR) is 88.7 cm³/mol. The van der Waals surface area contributed by atoms with Crippen LogP contribution in [0.15, 0.2) is 24.3 Å². The monoisotopic (exact) mass is 330 g/mol. The van der Waals surface area contributed by atoms with Crippen LogP contribution >= 0.6 is 0 Å². The third-order valence-electron chi connectivity index (χ3n) is 4.98. The van der Waals surface area contributed by atoms with E-state index in [1.807, 2.05) is 0 Å². The molecular formula is C18H23FN4O. The van der Waals surface area contributed by atoms with Crippen LogP contribution in [0.2, 0.25) is 0 Å². The molecule has 2 aromatic rings. The fraction of sp³-hybridized carbons (Fsp3) is 0.556. The maximum Gasteiger partial charge on any atom is 0.137 e. The minimum Gasteiger partial charge on any atom is -0.492 e. The summed E-state index contributed by atoms with van der Waals surface area (Å²) in [6.07, 6.45) is 4.60. The fourth-order valence-corrected chi connectivity index (χ4v) is 3.79. The van der Waals surface area contributed by atoms with Crippen molar-refractivity contribution in [2.24, 2.45) is 0 Å². The molecule has 6 heteroatoms. The summed E-state index contributed by atoms with van der Waals surface area (Å²) in [7, 11) is 0. The Morgan fingerprint density at radius 1 is 1.21 bits per heavy atom. The second kappa shape index (κ2) is 6.89. The van der Waals surface area contributed by atoms with Gasteiger partial charge in [0.15, 0.2) is 0 Å². The molecule has 1 aromatic heterocycles. The van der Waals surface area contributed by atoms with Crippen molar-refractivity contribution in [3.63, 3.8) is 0 Å². The molecule has 1 saturated heterocycles. The number of aryl methyl sites for hydroxylation is 1. The van der Waals surface area contributed by atoms with Gasteiger partial charge in [0.05, 0.1) is 0 Å². The third kappa shape index (κ3) is 3.29. The highest BCUT2D eigenvalue weighted by Crippen LogP contribution is 2.28. The van der Waals surface area contributed by atoms with E-state index < -0.39 is 0 Å². The number of fused-ring (bicyclic) bond motifs is 1. The first-order valence-electron chi connectivity index (χ1n) is 8.82. The van der Waals surface area contributed by atoms with Gasteiger partial charge in [-0.05, 0) is 37.9 Å². The lowest BCUT2D eigenvalue weighted by Gasteiger charge is -2.32. The van der Waals surface area contributed by atoms with Crippen molar-refractivity contribution < 1.29 is 9.13 Å². The second-order valence-electron chi connectivity index (χ2n) is 6.68. The molecule has 0 bridgehead atoms. The first-order valence-corrected chi connectivity index (χ1v) is 8.82. The molecule has 0 amide bonds. The highest BCUT2D eigenvalue weighted by atomic mass is 19.1. The average Bonchev–Trinajstić information content (AvgIpc) is 3.18. The molecule has 1 aromatic carbocycles. The number of rotatable bonds is 5. The van der Waals surface area contributed by atoms with E-state index in [1.54, 1.807) is 12.1 Å². The standard InChI is InChI=1S/C18H23FN4O/c19-15-5-1-6-16(12-15)24-11-10-22-8-2-4-14(13-22)18-21-20-17-7-3-9-23(17)18/h1,5-6,12,14H,2-4,7-11,13H2/t14-/m1/s1. The van der Waals surface area contributed by atoms with Gasteiger partial charge in [0.25, 0.3) is 0 Å². The maximum atomic E-state index is 13.2. The molecule has 5 nitrogen and oxygen atoms in total. The SMILES string of the molecule is Fc1cccc(OCCN2CCC[C@@H](c3nnc4n3CCC4)C2)c1. The van der Waals surface area contributed by atoms with Crippen LogP contribution in [-0.4, -0.2) is 45.9 Å². The summed E-state index contributed by atoms with van der Waals surface area (Å²) in [4.78, 5) is 2.42. The second-order valence-corrected chi connectivity index (χ2v) is 6.68. The molecule has 1 atom stereocenters. The van der Waals surface area contributed by atoms with E-state index in [0.717, 1.165) is 38.4 Å². The zero-order chi connectivity index (χ0) is 16.4. The summed E-state index contributed by atoms with van der Waals surface area (Å²) in [5.41, 5.74) is 0. The molecule has 0 saturated carbocycles. The van der Waals surface area contributed by atoms with Crippen LogP contribution in [0.5, 0.6) is 5.75 Å². The van der Waals surface area contributed by atoms with Gasteiger partial charge in [-0.1, -0.05) is 6.07 Å². The van der Waals surface area contributed by atoms with Crippen LogP contribution in [0.3, 0.4) is 0 Å². The lowest BCUT2D eigenvalue weighted by molar-refractivity contribution is 0.166. The topological polar surface area (TPSA) is 43.2 Å². The van der Waals surface area contributed by atoms with E-state index in [-0.39, 0.29) is 5.82 Å². The highest BCUT2D eigenvalue weighted by Gasteiger charge is 2.28. The molecule has 2 aliphatic heterocycles. The van der Waals surface area contributed by atoms with Crippen molar-refractivity contribution in [3.05, 3.63) is 41.7 Å². The van der Waals surface area contributed by atoms with Crippen LogP contribution in [0.4, 0.5) is 4.39 Å². The Hall–Kier alpha value is -1.95. The molecule has 128 valence electrons. The lowest BCUT2D eigenvalue weighted by Crippen LogP contribution is -2.37. The first-order chi connectivity index (χ1) is 11.8. The highest BCUT2D eigenvalue weighted by molar-refractivity contribution is 5.22. The minimum absolute atomic E-state index is 0.258. The Bertz CT molecular complexity index is 702. The third-order valence-corrected chi connectivity index (χ3v) is 4.98. The number of nitrogens with zero attached hydrogens (tertiary/aromatic N) is 4. The Kier molecular flexibility index (Phi) is 4.47. The molecule has 0 unspecified atom stereocenters. The van der Waals surface area contributed by atoms with Gasteiger partial charge in [0.1, 0.15) is 29.8 Å². The number of likely N-dealkylation sites (tertiary alicyclic amines) is 1. The lowest BCUT2D eigenvalue weighted by atomic mass is 9.97. The van der Waals surface area contributed by atoms with E-state index in [4.69, 9.17) is 4.74 Å². The summed E-state index contributed by atoms with van der Waals surface area (Å²) in [6.45, 7) is 4.59. The van der Waals surface area contributed by atoms with E-state index in [0.29, 0.717) is 18.3 Å².